The molecule has 1 fully saturated rings. The minimum absolute atomic E-state index is 0.0585. The van der Waals surface area contributed by atoms with Crippen LogP contribution >= 0.6 is 23.2 Å². The van der Waals surface area contributed by atoms with Gasteiger partial charge in [0.2, 0.25) is 0 Å². The zero-order valence-corrected chi connectivity index (χ0v) is 19.8. The minimum atomic E-state index is -0.521. The summed E-state index contributed by atoms with van der Waals surface area (Å²) in [6.07, 6.45) is 1.16. The molecule has 8 nitrogen and oxygen atoms in total. The number of anilines is 3. The number of nitrogens with one attached hydrogen (secondary N) is 1. The molecule has 168 valence electrons. The van der Waals surface area contributed by atoms with Gasteiger partial charge in [0.05, 0.1) is 21.6 Å². The molecule has 1 aromatic carbocycles. The molecule has 3 heterocycles. The minimum Gasteiger partial charge on any atom is -0.444 e. The van der Waals surface area contributed by atoms with Gasteiger partial charge in [0.1, 0.15) is 23.3 Å². The Morgan fingerprint density at radius 3 is 2.59 bits per heavy atom. The molecule has 0 saturated carbocycles. The summed E-state index contributed by atoms with van der Waals surface area (Å²) in [6.45, 7) is 6.90. The molecule has 3 aromatic rings. The van der Waals surface area contributed by atoms with Crippen LogP contribution in [0.25, 0.3) is 11.0 Å². The van der Waals surface area contributed by atoms with E-state index in [1.54, 1.807) is 24.1 Å². The maximum Gasteiger partial charge on any atom is 0.410 e. The zero-order valence-electron chi connectivity index (χ0n) is 18.3. The molecule has 1 amide bonds. The fraction of sp³-hybridized carbons (Fsp3) is 0.364. The van der Waals surface area contributed by atoms with E-state index in [1.165, 1.54) is 6.33 Å². The summed E-state index contributed by atoms with van der Waals surface area (Å²) in [5, 5.41) is 4.17. The van der Waals surface area contributed by atoms with E-state index in [2.05, 4.69) is 20.2 Å². The number of hydrogen-bond acceptors (Lipinski definition) is 7. The average Bonchev–Trinajstić information content (AvgIpc) is 2.68. The summed E-state index contributed by atoms with van der Waals surface area (Å²) < 4.78 is 5.45. The molecular formula is C22H24Cl2N6O2. The number of hydrogen-bond donors (Lipinski definition) is 1. The van der Waals surface area contributed by atoms with Gasteiger partial charge in [-0.05, 0) is 51.1 Å². The van der Waals surface area contributed by atoms with Crippen LogP contribution in [-0.4, -0.2) is 57.7 Å². The third-order valence-electron chi connectivity index (χ3n) is 5.07. The molecule has 1 aliphatic rings. The lowest BCUT2D eigenvalue weighted by molar-refractivity contribution is 0.0196. The van der Waals surface area contributed by atoms with Crippen molar-refractivity contribution in [3.8, 4) is 0 Å². The molecule has 2 aromatic heterocycles. The topological polar surface area (TPSA) is 83.5 Å². The number of benzene rings is 1. The van der Waals surface area contributed by atoms with Crippen LogP contribution < -0.4 is 10.2 Å². The number of rotatable bonds is 4. The molecular weight excluding hydrogens is 451 g/mol. The Morgan fingerprint density at radius 1 is 1.16 bits per heavy atom. The van der Waals surface area contributed by atoms with Gasteiger partial charge in [-0.15, -0.1) is 0 Å². The van der Waals surface area contributed by atoms with Crippen LogP contribution in [0.4, 0.5) is 22.1 Å². The first kappa shape index (κ1) is 22.4. The first-order valence-electron chi connectivity index (χ1n) is 10.2. The number of amides is 1. The van der Waals surface area contributed by atoms with E-state index < -0.39 is 5.60 Å². The van der Waals surface area contributed by atoms with E-state index in [0.717, 1.165) is 11.5 Å². The van der Waals surface area contributed by atoms with Gasteiger partial charge in [-0.2, -0.15) is 0 Å². The first-order valence-corrected chi connectivity index (χ1v) is 10.9. The highest BCUT2D eigenvalue weighted by atomic mass is 35.5. The molecule has 32 heavy (non-hydrogen) atoms. The molecule has 4 rings (SSSR count). The molecule has 0 unspecified atom stereocenters. The second-order valence-corrected chi connectivity index (χ2v) is 9.48. The highest BCUT2D eigenvalue weighted by Gasteiger charge is 2.35. The number of ether oxygens (including phenoxy) is 1. The number of halogens is 2. The maximum atomic E-state index is 12.3. The number of carbonyl (C=O) groups excluding carboxylic acids is 1. The maximum absolute atomic E-state index is 12.3. The molecule has 10 heteroatoms. The first-order chi connectivity index (χ1) is 15.1. The summed E-state index contributed by atoms with van der Waals surface area (Å²) in [5.74, 6) is 1.36. The summed E-state index contributed by atoms with van der Waals surface area (Å²) in [4.78, 5) is 29.5. The number of carbonyl (C=O) groups is 1. The van der Waals surface area contributed by atoms with Gasteiger partial charge < -0.3 is 19.9 Å². The lowest BCUT2D eigenvalue weighted by Gasteiger charge is -2.44. The fourth-order valence-electron chi connectivity index (χ4n) is 3.28. The van der Waals surface area contributed by atoms with Crippen molar-refractivity contribution in [2.45, 2.75) is 32.4 Å². The smallest absolute Gasteiger partial charge is 0.410 e. The SMILES string of the molecule is CN(C(=O)OC(C)(C)C)C1CN(c2ccc3ncnc(Nc4ccc(Cl)c(Cl)c4)c3n2)C1. The van der Waals surface area contributed by atoms with Crippen molar-refractivity contribution in [1.82, 2.24) is 19.9 Å². The predicted octanol–water partition coefficient (Wildman–Crippen LogP) is 5.13. The molecule has 1 saturated heterocycles. The Bertz CT molecular complexity index is 1160. The van der Waals surface area contributed by atoms with E-state index in [9.17, 15) is 4.79 Å². The summed E-state index contributed by atoms with van der Waals surface area (Å²) in [5.41, 5.74) is 1.58. The molecule has 0 bridgehead atoms. The quantitative estimate of drug-likeness (QED) is 0.560. The molecule has 0 radical (unpaired) electrons. The summed E-state index contributed by atoms with van der Waals surface area (Å²) >= 11 is 12.1. The van der Waals surface area contributed by atoms with E-state index in [4.69, 9.17) is 32.9 Å². The van der Waals surface area contributed by atoms with Crippen LogP contribution in [0.2, 0.25) is 10.0 Å². The van der Waals surface area contributed by atoms with Gasteiger partial charge in [-0.1, -0.05) is 23.2 Å². The van der Waals surface area contributed by atoms with Gasteiger partial charge >= 0.3 is 6.09 Å². The second kappa shape index (κ2) is 8.60. The van der Waals surface area contributed by atoms with E-state index in [-0.39, 0.29) is 12.1 Å². The van der Waals surface area contributed by atoms with Gasteiger partial charge in [0, 0.05) is 25.8 Å². The van der Waals surface area contributed by atoms with Crippen molar-refractivity contribution in [3.63, 3.8) is 0 Å². The summed E-state index contributed by atoms with van der Waals surface area (Å²) in [7, 11) is 1.76. The standard InChI is InChI=1S/C22H24Cl2N6O2/c1-22(2,3)32-21(31)29(4)14-10-30(11-14)18-8-7-17-19(28-18)20(26-12-25-17)27-13-5-6-15(23)16(24)9-13/h5-9,12,14H,10-11H2,1-4H3,(H,25,26,27). The lowest BCUT2D eigenvalue weighted by atomic mass is 10.1. The van der Waals surface area contributed by atoms with Crippen LogP contribution in [0.5, 0.6) is 0 Å². The Kier molecular flexibility index (Phi) is 6.01. The van der Waals surface area contributed by atoms with Crippen LogP contribution in [0.1, 0.15) is 20.8 Å². The number of nitrogens with zero attached hydrogens (tertiary/aromatic N) is 5. The zero-order chi connectivity index (χ0) is 23.0. The largest absolute Gasteiger partial charge is 0.444 e. The third-order valence-corrected chi connectivity index (χ3v) is 5.80. The lowest BCUT2D eigenvalue weighted by Crippen LogP contribution is -2.60. The molecule has 0 spiro atoms. The van der Waals surface area contributed by atoms with Gasteiger partial charge in [-0.25, -0.2) is 19.7 Å². The van der Waals surface area contributed by atoms with Crippen molar-refractivity contribution in [2.75, 3.05) is 30.4 Å². The highest BCUT2D eigenvalue weighted by molar-refractivity contribution is 6.42. The number of likely N-dealkylation sites (N-methyl/N-ethyl adjacent to an activating group) is 1. The van der Waals surface area contributed by atoms with Crippen molar-refractivity contribution in [1.29, 1.82) is 0 Å². The Balaban J connectivity index is 1.50. The van der Waals surface area contributed by atoms with Crippen LogP contribution in [-0.2, 0) is 4.74 Å². The van der Waals surface area contributed by atoms with Crippen LogP contribution in [0.15, 0.2) is 36.7 Å². The van der Waals surface area contributed by atoms with Crippen molar-refractivity contribution < 1.29 is 9.53 Å². The van der Waals surface area contributed by atoms with Gasteiger partial charge in [0.25, 0.3) is 0 Å². The molecule has 0 aliphatic carbocycles. The number of fused-ring (bicyclic) bond motifs is 1. The van der Waals surface area contributed by atoms with E-state index in [0.29, 0.717) is 40.0 Å². The Morgan fingerprint density at radius 2 is 1.91 bits per heavy atom. The normalized spacial score (nSPS) is 14.2. The Hall–Kier alpha value is -2.84. The number of aromatic nitrogens is 3. The van der Waals surface area contributed by atoms with E-state index >= 15 is 0 Å². The Labute approximate surface area is 196 Å². The van der Waals surface area contributed by atoms with E-state index in [1.807, 2.05) is 39.0 Å². The third kappa shape index (κ3) is 4.81. The monoisotopic (exact) mass is 474 g/mol. The molecule has 1 aliphatic heterocycles. The predicted molar refractivity (Wildman–Crippen MR) is 127 cm³/mol. The van der Waals surface area contributed by atoms with Gasteiger partial charge in [-0.3, -0.25) is 0 Å². The fourth-order valence-corrected chi connectivity index (χ4v) is 3.58. The number of pyridine rings is 1. The summed E-state index contributed by atoms with van der Waals surface area (Å²) in [6, 6.07) is 9.15. The highest BCUT2D eigenvalue weighted by Crippen LogP contribution is 2.30. The van der Waals surface area contributed by atoms with Crippen LogP contribution in [0, 0.1) is 0 Å². The second-order valence-electron chi connectivity index (χ2n) is 8.66. The average molecular weight is 475 g/mol. The van der Waals surface area contributed by atoms with Crippen molar-refractivity contribution in [3.05, 3.63) is 46.7 Å². The van der Waals surface area contributed by atoms with Crippen LogP contribution in [0.3, 0.4) is 0 Å². The van der Waals surface area contributed by atoms with Crippen molar-refractivity contribution >= 4 is 57.7 Å². The van der Waals surface area contributed by atoms with Gasteiger partial charge in [0.15, 0.2) is 5.82 Å². The molecule has 1 N–H and O–H groups in total. The molecule has 0 atom stereocenters. The van der Waals surface area contributed by atoms with Crippen molar-refractivity contribution in [2.24, 2.45) is 0 Å².